The Labute approximate surface area is 97.3 Å². The fourth-order valence-corrected chi connectivity index (χ4v) is 1.57. The second-order valence-corrected chi connectivity index (χ2v) is 3.71. The van der Waals surface area contributed by atoms with Crippen LogP contribution in [0, 0.1) is 0 Å². The second kappa shape index (κ2) is 4.86. The monoisotopic (exact) mass is 235 g/mol. The van der Waals surface area contributed by atoms with E-state index in [-0.39, 0.29) is 10.9 Å². The number of aromatic amines is 1. The Bertz CT molecular complexity index is 581. The number of rotatable bonds is 4. The molecule has 0 aliphatic carbocycles. The number of fused-ring (bicyclic) bond motifs is 1. The summed E-state index contributed by atoms with van der Waals surface area (Å²) in [6.45, 7) is 2.37. The first-order chi connectivity index (χ1) is 8.24. The maximum absolute atomic E-state index is 11.8. The van der Waals surface area contributed by atoms with E-state index >= 15 is 0 Å². The van der Waals surface area contributed by atoms with Crippen LogP contribution in [-0.2, 0) is 4.74 Å². The van der Waals surface area contributed by atoms with Crippen LogP contribution in [0.1, 0.15) is 30.1 Å². The van der Waals surface area contributed by atoms with Crippen LogP contribution in [0.3, 0.4) is 0 Å². The van der Waals surface area contributed by atoms with Gasteiger partial charge in [-0.15, -0.1) is 0 Å². The number of esters is 1. The number of nitrogens with one attached hydrogen (secondary N) is 1. The van der Waals surface area contributed by atoms with E-state index in [2.05, 4.69) is 9.68 Å². The molecule has 1 N–H and O–H groups in total. The number of hydrogen-bond donors (Lipinski definition) is 1. The average Bonchev–Trinajstić information content (AvgIpc) is 2.71. The quantitative estimate of drug-likeness (QED) is 0.650. The molecule has 2 rings (SSSR count). The summed E-state index contributed by atoms with van der Waals surface area (Å²) in [5.74, 6) is -0.490. The van der Waals surface area contributed by atoms with E-state index in [0.29, 0.717) is 12.1 Å². The van der Waals surface area contributed by atoms with Gasteiger partial charge in [-0.25, -0.2) is 14.7 Å². The highest BCUT2D eigenvalue weighted by Gasteiger charge is 2.15. The van der Waals surface area contributed by atoms with Crippen LogP contribution in [0.15, 0.2) is 27.5 Å². The molecule has 0 saturated carbocycles. The number of carbonyl (C=O) groups is 1. The normalized spacial score (nSPS) is 10.6. The summed E-state index contributed by atoms with van der Waals surface area (Å²) >= 11 is 0. The maximum Gasteiger partial charge on any atom is 0.365 e. The topological polar surface area (TPSA) is 72.3 Å². The lowest BCUT2D eigenvalue weighted by atomic mass is 10.1. The Morgan fingerprint density at radius 2 is 2.29 bits per heavy atom. The Kier molecular flexibility index (Phi) is 3.27. The largest absolute Gasteiger partial charge is 0.462 e. The average molecular weight is 235 g/mol. The van der Waals surface area contributed by atoms with E-state index in [1.165, 1.54) is 0 Å². The van der Waals surface area contributed by atoms with Crippen LogP contribution >= 0.6 is 0 Å². The summed E-state index contributed by atoms with van der Waals surface area (Å²) < 4.78 is 9.71. The molecule has 1 heterocycles. The minimum Gasteiger partial charge on any atom is -0.462 e. The molecule has 0 spiro atoms. The highest BCUT2D eigenvalue weighted by Crippen LogP contribution is 2.14. The predicted molar refractivity (Wildman–Crippen MR) is 62.0 cm³/mol. The maximum atomic E-state index is 11.8. The number of H-pyrrole nitrogens is 1. The van der Waals surface area contributed by atoms with Crippen molar-refractivity contribution < 1.29 is 14.1 Å². The SMILES string of the molecule is CCCCOC(=O)c1cccc2[nH]oc(=O)c12. The molecule has 0 unspecified atom stereocenters. The van der Waals surface area contributed by atoms with Crippen molar-refractivity contribution in [2.75, 3.05) is 6.61 Å². The number of aromatic nitrogens is 1. The van der Waals surface area contributed by atoms with Crippen molar-refractivity contribution in [3.05, 3.63) is 34.2 Å². The van der Waals surface area contributed by atoms with Crippen molar-refractivity contribution in [3.63, 3.8) is 0 Å². The molecule has 5 heteroatoms. The van der Waals surface area contributed by atoms with E-state index in [4.69, 9.17) is 4.74 Å². The van der Waals surface area contributed by atoms with Crippen LogP contribution in [-0.4, -0.2) is 17.7 Å². The fraction of sp³-hybridized carbons (Fsp3) is 0.333. The van der Waals surface area contributed by atoms with Gasteiger partial charge in [0.25, 0.3) is 0 Å². The minimum atomic E-state index is -0.553. The van der Waals surface area contributed by atoms with Gasteiger partial charge in [-0.3, -0.25) is 0 Å². The minimum absolute atomic E-state index is 0.244. The first kappa shape index (κ1) is 11.4. The van der Waals surface area contributed by atoms with Crippen molar-refractivity contribution in [1.29, 1.82) is 0 Å². The van der Waals surface area contributed by atoms with Crippen LogP contribution in [0.2, 0.25) is 0 Å². The molecule has 0 atom stereocenters. The van der Waals surface area contributed by atoms with Gasteiger partial charge in [0.2, 0.25) is 0 Å². The molecule has 1 aromatic heterocycles. The summed E-state index contributed by atoms with van der Waals surface area (Å²) in [6.07, 6.45) is 1.76. The number of ether oxygens (including phenoxy) is 1. The predicted octanol–water partition coefficient (Wildman–Crippen LogP) is 2.08. The molecule has 90 valence electrons. The Morgan fingerprint density at radius 3 is 3.06 bits per heavy atom. The smallest absolute Gasteiger partial charge is 0.365 e. The zero-order chi connectivity index (χ0) is 12.3. The molecule has 0 aliphatic heterocycles. The molecule has 0 aliphatic rings. The van der Waals surface area contributed by atoms with Gasteiger partial charge in [-0.05, 0) is 18.6 Å². The van der Waals surface area contributed by atoms with E-state index < -0.39 is 11.6 Å². The van der Waals surface area contributed by atoms with Gasteiger partial charge < -0.3 is 9.26 Å². The first-order valence-corrected chi connectivity index (χ1v) is 5.51. The molecule has 0 fully saturated rings. The molecule has 0 amide bonds. The number of unbranched alkanes of at least 4 members (excludes halogenated alkanes) is 1. The van der Waals surface area contributed by atoms with Crippen LogP contribution in [0.5, 0.6) is 0 Å². The number of carbonyl (C=O) groups excluding carboxylic acids is 1. The Hall–Kier alpha value is -2.04. The van der Waals surface area contributed by atoms with Gasteiger partial charge in [0.1, 0.15) is 5.39 Å². The molecule has 1 aromatic carbocycles. The van der Waals surface area contributed by atoms with Gasteiger partial charge >= 0.3 is 11.6 Å². The summed E-state index contributed by atoms with van der Waals surface area (Å²) in [5, 5.41) is 2.70. The van der Waals surface area contributed by atoms with E-state index in [1.807, 2.05) is 6.92 Å². The number of benzene rings is 1. The van der Waals surface area contributed by atoms with Crippen molar-refractivity contribution in [1.82, 2.24) is 5.16 Å². The third-order valence-corrected chi connectivity index (χ3v) is 2.47. The highest BCUT2D eigenvalue weighted by atomic mass is 16.5. The van der Waals surface area contributed by atoms with Gasteiger partial charge in [-0.2, -0.15) is 0 Å². The van der Waals surface area contributed by atoms with Gasteiger partial charge in [0, 0.05) is 0 Å². The summed E-state index contributed by atoms with van der Waals surface area (Å²) in [6, 6.07) is 4.90. The van der Waals surface area contributed by atoms with Crippen LogP contribution < -0.4 is 5.63 Å². The molecule has 5 nitrogen and oxygen atoms in total. The molecule has 0 saturated heterocycles. The Balaban J connectivity index is 2.31. The molecular weight excluding hydrogens is 222 g/mol. The lowest BCUT2D eigenvalue weighted by Gasteiger charge is -2.03. The summed E-state index contributed by atoms with van der Waals surface area (Å²) in [4.78, 5) is 23.2. The van der Waals surface area contributed by atoms with Gasteiger partial charge in [0.15, 0.2) is 0 Å². The standard InChI is InChI=1S/C12H13NO4/c1-2-3-7-16-11(14)8-5-4-6-9-10(8)12(15)17-13-9/h4-6,13H,2-3,7H2,1H3. The molecule has 0 bridgehead atoms. The summed E-state index contributed by atoms with van der Waals surface area (Å²) in [7, 11) is 0. The third kappa shape index (κ3) is 2.22. The first-order valence-electron chi connectivity index (χ1n) is 5.51. The van der Waals surface area contributed by atoms with Crippen LogP contribution in [0.4, 0.5) is 0 Å². The van der Waals surface area contributed by atoms with Crippen molar-refractivity contribution >= 4 is 16.9 Å². The molecule has 2 aromatic rings. The zero-order valence-electron chi connectivity index (χ0n) is 9.49. The van der Waals surface area contributed by atoms with Crippen molar-refractivity contribution in [3.8, 4) is 0 Å². The van der Waals surface area contributed by atoms with Crippen molar-refractivity contribution in [2.24, 2.45) is 0 Å². The number of hydrogen-bond acceptors (Lipinski definition) is 4. The Morgan fingerprint density at radius 1 is 1.47 bits per heavy atom. The van der Waals surface area contributed by atoms with E-state index in [1.54, 1.807) is 18.2 Å². The molecule has 0 radical (unpaired) electrons. The van der Waals surface area contributed by atoms with E-state index in [9.17, 15) is 9.59 Å². The van der Waals surface area contributed by atoms with Crippen molar-refractivity contribution in [2.45, 2.75) is 19.8 Å². The van der Waals surface area contributed by atoms with E-state index in [0.717, 1.165) is 12.8 Å². The molecule has 17 heavy (non-hydrogen) atoms. The van der Waals surface area contributed by atoms with Crippen LogP contribution in [0.25, 0.3) is 10.9 Å². The third-order valence-electron chi connectivity index (χ3n) is 2.47. The van der Waals surface area contributed by atoms with Gasteiger partial charge in [-0.1, -0.05) is 19.4 Å². The highest BCUT2D eigenvalue weighted by molar-refractivity contribution is 6.02. The second-order valence-electron chi connectivity index (χ2n) is 3.71. The molecular formula is C12H13NO4. The fourth-order valence-electron chi connectivity index (χ4n) is 1.57. The lowest BCUT2D eigenvalue weighted by molar-refractivity contribution is 0.0502. The van der Waals surface area contributed by atoms with Gasteiger partial charge in [0.05, 0.1) is 17.7 Å². The zero-order valence-corrected chi connectivity index (χ0v) is 9.49. The lowest BCUT2D eigenvalue weighted by Crippen LogP contribution is -2.09. The summed E-state index contributed by atoms with van der Waals surface area (Å²) in [5.41, 5.74) is 0.191.